The monoisotopic (exact) mass is 285 g/mol. The average Bonchev–Trinajstić information content (AvgIpc) is 2.41. The number of amides is 1. The molecule has 1 atom stereocenters. The fourth-order valence-electron chi connectivity index (χ4n) is 1.72. The summed E-state index contributed by atoms with van der Waals surface area (Å²) in [4.78, 5) is 22.0. The number of nitrogens with one attached hydrogen (secondary N) is 2. The van der Waals surface area contributed by atoms with Crippen molar-refractivity contribution in [2.45, 2.75) is 6.04 Å². The number of carbonyl (C=O) groups excluding carboxylic acids is 1. The third kappa shape index (κ3) is 3.42. The van der Waals surface area contributed by atoms with Crippen LogP contribution < -0.4 is 10.6 Å². The highest BCUT2D eigenvalue weighted by molar-refractivity contribution is 7.99. The number of nitrogens with zero attached hydrogens (tertiary/aromatic N) is 1. The van der Waals surface area contributed by atoms with Gasteiger partial charge in [-0.15, -0.1) is 0 Å². The van der Waals surface area contributed by atoms with Gasteiger partial charge in [-0.1, -0.05) is 0 Å². The Bertz CT molecular complexity index is 506. The molecule has 0 saturated carbocycles. The first-order valence-electron chi connectivity index (χ1n) is 5.64. The van der Waals surface area contributed by atoms with Crippen molar-refractivity contribution in [1.29, 1.82) is 0 Å². The maximum absolute atomic E-state index is 13.0. The third-order valence-corrected chi connectivity index (χ3v) is 3.71. The molecule has 1 aromatic carbocycles. The van der Waals surface area contributed by atoms with Crippen molar-refractivity contribution >= 4 is 29.0 Å². The van der Waals surface area contributed by atoms with Gasteiger partial charge in [0, 0.05) is 18.1 Å². The molecule has 1 aliphatic rings. The van der Waals surface area contributed by atoms with Gasteiger partial charge in [-0.3, -0.25) is 14.9 Å². The molecule has 1 saturated heterocycles. The highest BCUT2D eigenvalue weighted by Gasteiger charge is 2.24. The highest BCUT2D eigenvalue weighted by Crippen LogP contribution is 2.25. The molecule has 19 heavy (non-hydrogen) atoms. The molecule has 2 rings (SSSR count). The summed E-state index contributed by atoms with van der Waals surface area (Å²) in [5.41, 5.74) is -0.439. The highest BCUT2D eigenvalue weighted by atomic mass is 32.2. The van der Waals surface area contributed by atoms with Crippen molar-refractivity contribution in [3.05, 3.63) is 34.1 Å². The molecule has 6 nitrogen and oxygen atoms in total. The Hall–Kier alpha value is -1.67. The van der Waals surface area contributed by atoms with Gasteiger partial charge < -0.3 is 10.6 Å². The molecule has 102 valence electrons. The summed E-state index contributed by atoms with van der Waals surface area (Å²) in [6.07, 6.45) is 0. The van der Waals surface area contributed by atoms with Crippen molar-refractivity contribution in [2.24, 2.45) is 0 Å². The largest absolute Gasteiger partial charge is 0.319 e. The van der Waals surface area contributed by atoms with Crippen LogP contribution in [0, 0.1) is 15.9 Å². The maximum Gasteiger partial charge on any atom is 0.295 e. The molecule has 8 heteroatoms. The lowest BCUT2D eigenvalue weighted by Gasteiger charge is -2.22. The van der Waals surface area contributed by atoms with Crippen molar-refractivity contribution in [3.8, 4) is 0 Å². The molecule has 0 bridgehead atoms. The van der Waals surface area contributed by atoms with E-state index in [0.717, 1.165) is 17.9 Å². The zero-order chi connectivity index (χ0) is 13.8. The van der Waals surface area contributed by atoms with E-state index >= 15 is 0 Å². The molecule has 0 aliphatic carbocycles. The van der Waals surface area contributed by atoms with Crippen LogP contribution in [0.3, 0.4) is 0 Å². The van der Waals surface area contributed by atoms with Gasteiger partial charge >= 0.3 is 0 Å². The van der Waals surface area contributed by atoms with Gasteiger partial charge in [0.15, 0.2) is 0 Å². The number of nitro benzene ring substituents is 1. The smallest absolute Gasteiger partial charge is 0.295 e. The summed E-state index contributed by atoms with van der Waals surface area (Å²) in [5, 5.41) is 16.3. The molecular formula is C11H12FN3O3S. The summed E-state index contributed by atoms with van der Waals surface area (Å²) in [7, 11) is 0. The number of thioether (sulfide) groups is 1. The van der Waals surface area contributed by atoms with Gasteiger partial charge in [0.05, 0.1) is 17.0 Å². The molecule has 1 aromatic rings. The topological polar surface area (TPSA) is 84.3 Å². The molecule has 1 fully saturated rings. The Morgan fingerprint density at radius 3 is 3.00 bits per heavy atom. The van der Waals surface area contributed by atoms with Crippen LogP contribution in [-0.2, 0) is 4.79 Å². The predicted molar refractivity (Wildman–Crippen MR) is 70.8 cm³/mol. The van der Waals surface area contributed by atoms with Crippen molar-refractivity contribution < 1.29 is 14.1 Å². The summed E-state index contributed by atoms with van der Waals surface area (Å²) in [5.74, 6) is 0.486. The van der Waals surface area contributed by atoms with Crippen LogP contribution in [0.15, 0.2) is 18.2 Å². The first kappa shape index (κ1) is 13.8. The molecular weight excluding hydrogens is 273 g/mol. The standard InChI is InChI=1S/C11H12FN3O3S/c12-7-1-2-8(10(5-7)15(17)18)14-11(16)9-6-19-4-3-13-9/h1-2,5,9,13H,3-4,6H2,(H,14,16). The minimum atomic E-state index is -0.720. The number of benzene rings is 1. The molecule has 1 aliphatic heterocycles. The fourth-order valence-corrected chi connectivity index (χ4v) is 2.65. The Morgan fingerprint density at radius 1 is 1.58 bits per heavy atom. The Kier molecular flexibility index (Phi) is 4.33. The van der Waals surface area contributed by atoms with E-state index in [2.05, 4.69) is 10.6 Å². The van der Waals surface area contributed by atoms with Crippen LogP contribution in [0.25, 0.3) is 0 Å². The van der Waals surface area contributed by atoms with Crippen LogP contribution in [0.4, 0.5) is 15.8 Å². The second kappa shape index (κ2) is 5.98. The van der Waals surface area contributed by atoms with Gasteiger partial charge in [0.25, 0.3) is 5.69 Å². The summed E-state index contributed by atoms with van der Waals surface area (Å²) < 4.78 is 13.0. The number of anilines is 1. The minimum absolute atomic E-state index is 0.00812. The third-order valence-electron chi connectivity index (χ3n) is 2.65. The van der Waals surface area contributed by atoms with Crippen molar-refractivity contribution in [3.63, 3.8) is 0 Å². The SMILES string of the molecule is O=C(Nc1ccc(F)cc1[N+](=O)[O-])C1CSCCN1. The van der Waals surface area contributed by atoms with Gasteiger partial charge in [-0.2, -0.15) is 11.8 Å². The first-order valence-corrected chi connectivity index (χ1v) is 6.79. The van der Waals surface area contributed by atoms with E-state index in [1.807, 2.05) is 0 Å². The lowest BCUT2D eigenvalue weighted by atomic mass is 10.2. The molecule has 1 amide bonds. The normalized spacial score (nSPS) is 18.9. The van der Waals surface area contributed by atoms with Crippen LogP contribution >= 0.6 is 11.8 Å². The maximum atomic E-state index is 13.0. The lowest BCUT2D eigenvalue weighted by molar-refractivity contribution is -0.384. The number of nitro groups is 1. The van der Waals surface area contributed by atoms with E-state index in [9.17, 15) is 19.3 Å². The van der Waals surface area contributed by atoms with Gasteiger partial charge in [-0.25, -0.2) is 4.39 Å². The second-order valence-electron chi connectivity index (χ2n) is 3.99. The number of carbonyl (C=O) groups is 1. The van der Waals surface area contributed by atoms with E-state index in [-0.39, 0.29) is 17.6 Å². The molecule has 0 spiro atoms. The number of rotatable bonds is 3. The zero-order valence-electron chi connectivity index (χ0n) is 9.89. The lowest BCUT2D eigenvalue weighted by Crippen LogP contribution is -2.46. The first-order chi connectivity index (χ1) is 9.08. The van der Waals surface area contributed by atoms with E-state index in [0.29, 0.717) is 12.3 Å². The van der Waals surface area contributed by atoms with Crippen molar-refractivity contribution in [1.82, 2.24) is 5.32 Å². The predicted octanol–water partition coefficient (Wildman–Crippen LogP) is 1.38. The Morgan fingerprint density at radius 2 is 2.37 bits per heavy atom. The van der Waals surface area contributed by atoms with Crippen molar-refractivity contribution in [2.75, 3.05) is 23.4 Å². The number of halogens is 1. The van der Waals surface area contributed by atoms with E-state index < -0.39 is 16.4 Å². The molecule has 0 radical (unpaired) electrons. The van der Waals surface area contributed by atoms with Gasteiger partial charge in [-0.05, 0) is 12.1 Å². The second-order valence-corrected chi connectivity index (χ2v) is 5.14. The van der Waals surface area contributed by atoms with Gasteiger partial charge in [0.1, 0.15) is 11.5 Å². The molecule has 2 N–H and O–H groups in total. The minimum Gasteiger partial charge on any atom is -0.319 e. The van der Waals surface area contributed by atoms with E-state index in [1.165, 1.54) is 6.07 Å². The average molecular weight is 285 g/mol. The van der Waals surface area contributed by atoms with Crippen LogP contribution in [0.2, 0.25) is 0 Å². The van der Waals surface area contributed by atoms with E-state index in [4.69, 9.17) is 0 Å². The molecule has 1 heterocycles. The quantitative estimate of drug-likeness (QED) is 0.647. The van der Waals surface area contributed by atoms with Crippen LogP contribution in [-0.4, -0.2) is 34.9 Å². The summed E-state index contributed by atoms with van der Waals surface area (Å²) >= 11 is 1.64. The van der Waals surface area contributed by atoms with Gasteiger partial charge in [0.2, 0.25) is 5.91 Å². The fraction of sp³-hybridized carbons (Fsp3) is 0.364. The molecule has 0 aromatic heterocycles. The number of hydrogen-bond acceptors (Lipinski definition) is 5. The Balaban J connectivity index is 2.13. The summed E-state index contributed by atoms with van der Waals surface area (Å²) in [6, 6.07) is 2.68. The van der Waals surface area contributed by atoms with E-state index in [1.54, 1.807) is 11.8 Å². The van der Waals surface area contributed by atoms with Crippen LogP contribution in [0.5, 0.6) is 0 Å². The summed E-state index contributed by atoms with van der Waals surface area (Å²) in [6.45, 7) is 0.717. The molecule has 1 unspecified atom stereocenters. The zero-order valence-corrected chi connectivity index (χ0v) is 10.7. The Labute approximate surface area is 112 Å². The number of hydrogen-bond donors (Lipinski definition) is 2. The van der Waals surface area contributed by atoms with Crippen LogP contribution in [0.1, 0.15) is 0 Å².